The van der Waals surface area contributed by atoms with Crippen LogP contribution in [0.3, 0.4) is 0 Å². The van der Waals surface area contributed by atoms with Gasteiger partial charge >= 0.3 is 5.97 Å². The molecule has 6 nitrogen and oxygen atoms in total. The van der Waals surface area contributed by atoms with E-state index < -0.39 is 17.9 Å². The number of nitrogens with zero attached hydrogens (tertiary/aromatic N) is 1. The zero-order valence-electron chi connectivity index (χ0n) is 15.8. The monoisotopic (exact) mass is 377 g/mol. The number of hydrogen-bond acceptors (Lipinski definition) is 4. The van der Waals surface area contributed by atoms with E-state index in [9.17, 15) is 20.0 Å². The standard InChI is InChI=1S/C22H23N3O3/c1-15(2)19(22(27)28)25-21(26)18(13-23)14-24-20(16-9-5-3-6-10-16)17-11-7-4-8-12-17/h3-12,14-15,19-20,24H,1-2H3,(H,25,26)(H,27,28)/b18-14-. The number of amides is 1. The molecule has 2 rings (SSSR count). The number of carboxylic acids is 1. The smallest absolute Gasteiger partial charge is 0.326 e. The van der Waals surface area contributed by atoms with E-state index in [1.54, 1.807) is 13.8 Å². The number of carbonyl (C=O) groups is 2. The third-order valence-electron chi connectivity index (χ3n) is 4.24. The summed E-state index contributed by atoms with van der Waals surface area (Å²) in [5.41, 5.74) is 1.74. The van der Waals surface area contributed by atoms with Crippen LogP contribution in [0.5, 0.6) is 0 Å². The lowest BCUT2D eigenvalue weighted by molar-refractivity contribution is -0.142. The van der Waals surface area contributed by atoms with E-state index in [1.165, 1.54) is 6.20 Å². The average Bonchev–Trinajstić information content (AvgIpc) is 2.70. The Hall–Kier alpha value is -3.59. The van der Waals surface area contributed by atoms with Crippen LogP contribution >= 0.6 is 0 Å². The van der Waals surface area contributed by atoms with Crippen molar-refractivity contribution in [3.8, 4) is 6.07 Å². The maximum Gasteiger partial charge on any atom is 0.326 e. The van der Waals surface area contributed by atoms with Gasteiger partial charge in [0.25, 0.3) is 5.91 Å². The molecule has 0 aromatic heterocycles. The molecular weight excluding hydrogens is 354 g/mol. The lowest BCUT2D eigenvalue weighted by Gasteiger charge is -2.20. The Bertz CT molecular complexity index is 831. The second kappa shape index (κ2) is 9.93. The SMILES string of the molecule is CC(C)C(NC(=O)/C(C#N)=C\NC(c1ccccc1)c1ccccc1)C(=O)O. The number of carboxylic acid groups (broad SMARTS) is 1. The summed E-state index contributed by atoms with van der Waals surface area (Å²) in [6.45, 7) is 3.38. The fourth-order valence-corrected chi connectivity index (χ4v) is 2.72. The normalized spacial score (nSPS) is 12.3. The van der Waals surface area contributed by atoms with Gasteiger partial charge in [-0.1, -0.05) is 74.5 Å². The quantitative estimate of drug-likeness (QED) is 0.485. The molecule has 0 bridgehead atoms. The molecule has 0 heterocycles. The van der Waals surface area contributed by atoms with Crippen molar-refractivity contribution in [1.29, 1.82) is 5.26 Å². The van der Waals surface area contributed by atoms with E-state index in [4.69, 9.17) is 0 Å². The number of nitriles is 1. The Kier molecular flexibility index (Phi) is 7.35. The summed E-state index contributed by atoms with van der Waals surface area (Å²) >= 11 is 0. The molecule has 0 fully saturated rings. The highest BCUT2D eigenvalue weighted by atomic mass is 16.4. The number of nitrogens with one attached hydrogen (secondary N) is 2. The summed E-state index contributed by atoms with van der Waals surface area (Å²) in [7, 11) is 0. The van der Waals surface area contributed by atoms with Gasteiger partial charge in [0.05, 0.1) is 6.04 Å². The highest BCUT2D eigenvalue weighted by Crippen LogP contribution is 2.21. The van der Waals surface area contributed by atoms with E-state index in [-0.39, 0.29) is 17.5 Å². The van der Waals surface area contributed by atoms with Crippen molar-refractivity contribution < 1.29 is 14.7 Å². The van der Waals surface area contributed by atoms with Crippen molar-refractivity contribution in [1.82, 2.24) is 10.6 Å². The molecule has 3 N–H and O–H groups in total. The van der Waals surface area contributed by atoms with Crippen molar-refractivity contribution in [2.45, 2.75) is 25.9 Å². The van der Waals surface area contributed by atoms with Gasteiger partial charge in [0.15, 0.2) is 0 Å². The molecule has 2 aromatic rings. The fraction of sp³-hybridized carbons (Fsp3) is 0.227. The Morgan fingerprint density at radius 1 is 1.00 bits per heavy atom. The van der Waals surface area contributed by atoms with Crippen molar-refractivity contribution in [2.75, 3.05) is 0 Å². The molecule has 6 heteroatoms. The third kappa shape index (κ3) is 5.45. The molecule has 0 aliphatic carbocycles. The molecule has 0 radical (unpaired) electrons. The fourth-order valence-electron chi connectivity index (χ4n) is 2.72. The topological polar surface area (TPSA) is 102 Å². The van der Waals surface area contributed by atoms with Crippen LogP contribution in [0, 0.1) is 17.2 Å². The molecule has 1 atom stereocenters. The van der Waals surface area contributed by atoms with Gasteiger partial charge in [0, 0.05) is 6.20 Å². The molecule has 28 heavy (non-hydrogen) atoms. The first-order valence-corrected chi connectivity index (χ1v) is 8.94. The third-order valence-corrected chi connectivity index (χ3v) is 4.24. The molecule has 0 aliphatic rings. The van der Waals surface area contributed by atoms with E-state index in [2.05, 4.69) is 10.6 Å². The minimum Gasteiger partial charge on any atom is -0.480 e. The van der Waals surface area contributed by atoms with Crippen LogP contribution in [0.15, 0.2) is 72.4 Å². The largest absolute Gasteiger partial charge is 0.480 e. The molecule has 144 valence electrons. The second-order valence-electron chi connectivity index (χ2n) is 6.62. The van der Waals surface area contributed by atoms with Crippen LogP contribution in [0.1, 0.15) is 31.0 Å². The Balaban J connectivity index is 2.25. The Morgan fingerprint density at radius 2 is 1.50 bits per heavy atom. The van der Waals surface area contributed by atoms with Gasteiger partial charge in [-0.3, -0.25) is 4.79 Å². The highest BCUT2D eigenvalue weighted by Gasteiger charge is 2.25. The van der Waals surface area contributed by atoms with E-state index >= 15 is 0 Å². The van der Waals surface area contributed by atoms with E-state index in [0.29, 0.717) is 0 Å². The van der Waals surface area contributed by atoms with Gasteiger partial charge in [-0.25, -0.2) is 4.79 Å². The van der Waals surface area contributed by atoms with Gasteiger partial charge in [-0.2, -0.15) is 5.26 Å². The summed E-state index contributed by atoms with van der Waals surface area (Å²) in [6, 6.07) is 19.8. The first-order chi connectivity index (χ1) is 13.4. The zero-order chi connectivity index (χ0) is 20.5. The van der Waals surface area contributed by atoms with Gasteiger partial charge in [-0.05, 0) is 17.0 Å². The van der Waals surface area contributed by atoms with Crippen LogP contribution in [0.4, 0.5) is 0 Å². The highest BCUT2D eigenvalue weighted by molar-refractivity contribution is 5.99. The number of benzene rings is 2. The van der Waals surface area contributed by atoms with Crippen LogP contribution in [-0.4, -0.2) is 23.0 Å². The molecular formula is C22H23N3O3. The summed E-state index contributed by atoms with van der Waals surface area (Å²) in [5, 5.41) is 24.1. The van der Waals surface area contributed by atoms with Crippen LogP contribution in [0.2, 0.25) is 0 Å². The van der Waals surface area contributed by atoms with Gasteiger partial charge in [0.2, 0.25) is 0 Å². The minimum absolute atomic E-state index is 0.191. The minimum atomic E-state index is -1.14. The van der Waals surface area contributed by atoms with Crippen LogP contribution in [-0.2, 0) is 9.59 Å². The van der Waals surface area contributed by atoms with Crippen molar-refractivity contribution in [3.63, 3.8) is 0 Å². The summed E-state index contributed by atoms with van der Waals surface area (Å²) in [5.74, 6) is -2.17. The summed E-state index contributed by atoms with van der Waals surface area (Å²) in [6.07, 6.45) is 1.33. The van der Waals surface area contributed by atoms with Gasteiger partial charge in [0.1, 0.15) is 17.7 Å². The number of hydrogen-bond donors (Lipinski definition) is 3. The van der Waals surface area contributed by atoms with Crippen molar-refractivity contribution in [2.24, 2.45) is 5.92 Å². The van der Waals surface area contributed by atoms with E-state index in [1.807, 2.05) is 66.7 Å². The molecule has 0 spiro atoms. The average molecular weight is 377 g/mol. The lowest BCUT2D eigenvalue weighted by Crippen LogP contribution is -2.44. The molecule has 1 unspecified atom stereocenters. The number of carbonyl (C=O) groups excluding carboxylic acids is 1. The second-order valence-corrected chi connectivity index (χ2v) is 6.62. The predicted octanol–water partition coefficient (Wildman–Crippen LogP) is 3.00. The van der Waals surface area contributed by atoms with Gasteiger partial charge in [-0.15, -0.1) is 0 Å². The van der Waals surface area contributed by atoms with Gasteiger partial charge < -0.3 is 15.7 Å². The lowest BCUT2D eigenvalue weighted by atomic mass is 9.99. The van der Waals surface area contributed by atoms with Crippen LogP contribution in [0.25, 0.3) is 0 Å². The molecule has 0 saturated heterocycles. The summed E-state index contributed by atoms with van der Waals surface area (Å²) in [4.78, 5) is 23.7. The molecule has 0 aliphatic heterocycles. The van der Waals surface area contributed by atoms with E-state index in [0.717, 1.165) is 11.1 Å². The Morgan fingerprint density at radius 3 is 1.89 bits per heavy atom. The predicted molar refractivity (Wildman–Crippen MR) is 106 cm³/mol. The maximum absolute atomic E-state index is 12.4. The zero-order valence-corrected chi connectivity index (χ0v) is 15.8. The molecule has 0 saturated carbocycles. The van der Waals surface area contributed by atoms with Crippen molar-refractivity contribution >= 4 is 11.9 Å². The maximum atomic E-state index is 12.4. The first kappa shape index (κ1) is 20.7. The Labute approximate surface area is 164 Å². The van der Waals surface area contributed by atoms with Crippen molar-refractivity contribution in [3.05, 3.63) is 83.6 Å². The first-order valence-electron chi connectivity index (χ1n) is 8.94. The number of rotatable bonds is 8. The molecule has 2 aromatic carbocycles. The molecule has 1 amide bonds. The number of aliphatic carboxylic acids is 1. The summed E-state index contributed by atoms with van der Waals surface area (Å²) < 4.78 is 0. The van der Waals surface area contributed by atoms with Crippen LogP contribution < -0.4 is 10.6 Å².